The summed E-state index contributed by atoms with van der Waals surface area (Å²) in [5, 5.41) is 21.1. The minimum Gasteiger partial charge on any atom is -0.465 e. The zero-order chi connectivity index (χ0) is 21.6. The summed E-state index contributed by atoms with van der Waals surface area (Å²) in [6.45, 7) is 11.1. The third-order valence-corrected chi connectivity index (χ3v) is 5.45. The highest BCUT2D eigenvalue weighted by Crippen LogP contribution is 2.34. The van der Waals surface area contributed by atoms with Crippen molar-refractivity contribution in [2.24, 2.45) is 17.3 Å². The second-order valence-corrected chi connectivity index (χ2v) is 9.61. The predicted octanol–water partition coefficient (Wildman–Crippen LogP) is 3.98. The van der Waals surface area contributed by atoms with Gasteiger partial charge in [-0.15, -0.1) is 0 Å². The molecule has 0 saturated heterocycles. The Morgan fingerprint density at radius 3 is 2.39 bits per heavy atom. The van der Waals surface area contributed by atoms with Crippen LogP contribution in [0.2, 0.25) is 0 Å². The van der Waals surface area contributed by atoms with Gasteiger partial charge in [0.25, 0.3) is 0 Å². The number of allylic oxidation sites excluding steroid dienone is 1. The number of ether oxygens (including phenoxy) is 1. The smallest absolute Gasteiger partial charge is 0.302 e. The monoisotopic (exact) mass is 394 g/mol. The first-order valence-electron chi connectivity index (χ1n) is 10.2. The maximum absolute atomic E-state index is 12.7. The van der Waals surface area contributed by atoms with Crippen LogP contribution in [0.3, 0.4) is 0 Å². The Morgan fingerprint density at radius 1 is 1.18 bits per heavy atom. The van der Waals surface area contributed by atoms with Gasteiger partial charge in [0, 0.05) is 25.2 Å². The predicted molar refractivity (Wildman–Crippen MR) is 111 cm³/mol. The fraction of sp³-hybridized carbons (Fsp3) is 0.739. The van der Waals surface area contributed by atoms with E-state index < -0.39 is 16.6 Å². The van der Waals surface area contributed by atoms with E-state index in [-0.39, 0.29) is 37.1 Å². The van der Waals surface area contributed by atoms with Gasteiger partial charge in [-0.25, -0.2) is 0 Å². The number of Topliss-reactive ketones (excluding diaryl/α,β-unsaturated/α-hetero) is 1. The molecule has 0 spiro atoms. The highest BCUT2D eigenvalue weighted by molar-refractivity contribution is 5.80. The first kappa shape index (κ1) is 24.6. The molecule has 0 aliphatic heterocycles. The number of hydrogen-bond acceptors (Lipinski definition) is 5. The molecule has 1 aliphatic carbocycles. The molecule has 5 nitrogen and oxygen atoms in total. The molecular weight excluding hydrogens is 356 g/mol. The summed E-state index contributed by atoms with van der Waals surface area (Å²) < 4.78 is 5.26. The molecule has 4 atom stereocenters. The van der Waals surface area contributed by atoms with Gasteiger partial charge in [0.05, 0.1) is 17.8 Å². The number of aliphatic hydroxyl groups is 2. The summed E-state index contributed by atoms with van der Waals surface area (Å²) in [6.07, 6.45) is 9.33. The van der Waals surface area contributed by atoms with Crippen molar-refractivity contribution < 1.29 is 24.5 Å². The Morgan fingerprint density at radius 2 is 1.82 bits per heavy atom. The van der Waals surface area contributed by atoms with Crippen LogP contribution in [-0.2, 0) is 14.3 Å². The molecule has 0 amide bonds. The molecule has 5 heteroatoms. The molecule has 0 aromatic heterocycles. The fourth-order valence-electron chi connectivity index (χ4n) is 3.60. The summed E-state index contributed by atoms with van der Waals surface area (Å²) in [5.74, 6) is 0.197. The van der Waals surface area contributed by atoms with E-state index in [1.54, 1.807) is 26.0 Å². The van der Waals surface area contributed by atoms with Crippen LogP contribution in [-0.4, -0.2) is 39.8 Å². The molecule has 160 valence electrons. The van der Waals surface area contributed by atoms with Gasteiger partial charge in [-0.2, -0.15) is 0 Å². The molecule has 1 rings (SSSR count). The van der Waals surface area contributed by atoms with E-state index in [2.05, 4.69) is 19.9 Å². The number of ketones is 1. The lowest BCUT2D eigenvalue weighted by atomic mass is 9.76. The van der Waals surface area contributed by atoms with Gasteiger partial charge >= 0.3 is 5.97 Å². The summed E-state index contributed by atoms with van der Waals surface area (Å²) in [4.78, 5) is 24.0. The summed E-state index contributed by atoms with van der Waals surface area (Å²) in [7, 11) is 0. The molecular formula is C23H38O5. The maximum Gasteiger partial charge on any atom is 0.302 e. The second-order valence-electron chi connectivity index (χ2n) is 9.61. The van der Waals surface area contributed by atoms with Gasteiger partial charge in [0.2, 0.25) is 0 Å². The number of carbonyl (C=O) groups is 2. The molecule has 0 bridgehead atoms. The normalized spacial score (nSPS) is 37.9. The van der Waals surface area contributed by atoms with E-state index >= 15 is 0 Å². The minimum absolute atomic E-state index is 0.00917. The van der Waals surface area contributed by atoms with E-state index in [0.29, 0.717) is 18.8 Å². The van der Waals surface area contributed by atoms with Gasteiger partial charge in [0.1, 0.15) is 5.78 Å². The zero-order valence-electron chi connectivity index (χ0n) is 18.3. The molecule has 0 radical (unpaired) electrons. The van der Waals surface area contributed by atoms with Crippen molar-refractivity contribution in [1.82, 2.24) is 0 Å². The third-order valence-electron chi connectivity index (χ3n) is 5.45. The molecule has 2 N–H and O–H groups in total. The first-order valence-corrected chi connectivity index (χ1v) is 10.2. The molecule has 1 aliphatic rings. The Kier molecular flexibility index (Phi) is 8.64. The van der Waals surface area contributed by atoms with E-state index in [0.717, 1.165) is 6.42 Å². The summed E-state index contributed by atoms with van der Waals surface area (Å²) >= 11 is 0. The van der Waals surface area contributed by atoms with Gasteiger partial charge in [-0.05, 0) is 44.9 Å². The lowest BCUT2D eigenvalue weighted by Gasteiger charge is -2.32. The van der Waals surface area contributed by atoms with Crippen LogP contribution in [0.25, 0.3) is 0 Å². The minimum atomic E-state index is -1.27. The van der Waals surface area contributed by atoms with Gasteiger partial charge in [0.15, 0.2) is 0 Å². The van der Waals surface area contributed by atoms with Crippen LogP contribution >= 0.6 is 0 Å². The molecule has 0 fully saturated rings. The Hall–Kier alpha value is -1.46. The number of hydrogen-bond donors (Lipinski definition) is 2. The van der Waals surface area contributed by atoms with Crippen LogP contribution in [0.15, 0.2) is 24.3 Å². The van der Waals surface area contributed by atoms with Crippen molar-refractivity contribution in [2.45, 2.75) is 84.8 Å². The lowest BCUT2D eigenvalue weighted by molar-refractivity contribution is -0.146. The number of rotatable bonds is 3. The topological polar surface area (TPSA) is 83.8 Å². The number of carbonyl (C=O) groups excluding carboxylic acids is 2. The first-order chi connectivity index (χ1) is 12.7. The van der Waals surface area contributed by atoms with Gasteiger partial charge in [-0.1, -0.05) is 45.1 Å². The van der Waals surface area contributed by atoms with Crippen molar-refractivity contribution in [2.75, 3.05) is 6.61 Å². The Labute approximate surface area is 169 Å². The molecule has 0 saturated carbocycles. The Balaban J connectivity index is 3.18. The van der Waals surface area contributed by atoms with Crippen molar-refractivity contribution in [3.8, 4) is 0 Å². The van der Waals surface area contributed by atoms with Crippen LogP contribution in [0.4, 0.5) is 0 Å². The molecule has 0 heterocycles. The second kappa shape index (κ2) is 9.84. The maximum atomic E-state index is 12.7. The van der Waals surface area contributed by atoms with Crippen LogP contribution in [0.1, 0.15) is 73.6 Å². The quantitative estimate of drug-likeness (QED) is 0.559. The van der Waals surface area contributed by atoms with Crippen molar-refractivity contribution in [1.29, 1.82) is 0 Å². The molecule has 0 aromatic carbocycles. The Bertz CT molecular complexity index is 600. The standard InChI is InChI=1S/C23H38O5/c1-17(2)19-8-12-21(4,16-28-18(3)24)14-20(25)15-23(6,27)11-7-10-22(5,26)13-9-19/h7,9,11,13,17,19,26-27H,8,10,12,14-16H2,1-6H3/b11-7+,13-9+/t19-,21-,22-,23+/m1/s1. The number of esters is 1. The van der Waals surface area contributed by atoms with Gasteiger partial charge in [-0.3, -0.25) is 9.59 Å². The van der Waals surface area contributed by atoms with Gasteiger partial charge < -0.3 is 14.9 Å². The average molecular weight is 395 g/mol. The largest absolute Gasteiger partial charge is 0.465 e. The SMILES string of the molecule is CC(=O)OC[C@]1(C)CC[C@@H](C(C)C)/C=C/[C@](C)(O)C/C=C/[C@](C)(O)CC(=O)C1. The summed E-state index contributed by atoms with van der Waals surface area (Å²) in [6, 6.07) is 0. The van der Waals surface area contributed by atoms with E-state index in [1.165, 1.54) is 6.92 Å². The van der Waals surface area contributed by atoms with E-state index in [4.69, 9.17) is 4.74 Å². The molecule has 0 unspecified atom stereocenters. The molecule has 28 heavy (non-hydrogen) atoms. The fourth-order valence-corrected chi connectivity index (χ4v) is 3.60. The van der Waals surface area contributed by atoms with E-state index in [9.17, 15) is 19.8 Å². The average Bonchev–Trinajstić information content (AvgIpc) is 2.50. The van der Waals surface area contributed by atoms with Crippen molar-refractivity contribution >= 4 is 11.8 Å². The lowest BCUT2D eigenvalue weighted by Crippen LogP contribution is -2.33. The highest BCUT2D eigenvalue weighted by Gasteiger charge is 2.33. The third kappa shape index (κ3) is 9.16. The zero-order valence-corrected chi connectivity index (χ0v) is 18.3. The van der Waals surface area contributed by atoms with Crippen molar-refractivity contribution in [3.05, 3.63) is 24.3 Å². The van der Waals surface area contributed by atoms with Crippen LogP contribution in [0, 0.1) is 17.3 Å². The van der Waals surface area contributed by atoms with Crippen LogP contribution < -0.4 is 0 Å². The van der Waals surface area contributed by atoms with E-state index in [1.807, 2.05) is 13.0 Å². The molecule has 0 aromatic rings. The highest BCUT2D eigenvalue weighted by atomic mass is 16.5. The van der Waals surface area contributed by atoms with Crippen LogP contribution in [0.5, 0.6) is 0 Å². The summed E-state index contributed by atoms with van der Waals surface area (Å²) in [5.41, 5.74) is -2.78. The van der Waals surface area contributed by atoms with Crippen molar-refractivity contribution in [3.63, 3.8) is 0 Å².